The summed E-state index contributed by atoms with van der Waals surface area (Å²) in [5.41, 5.74) is 1.11. The van der Waals surface area contributed by atoms with Crippen molar-refractivity contribution in [2.45, 2.75) is 6.61 Å². The highest BCUT2D eigenvalue weighted by Gasteiger charge is 2.11. The van der Waals surface area contributed by atoms with Crippen molar-refractivity contribution in [1.82, 2.24) is 10.2 Å². The molecule has 0 atom stereocenters. The first-order valence-corrected chi connectivity index (χ1v) is 6.86. The second kappa shape index (κ2) is 6.58. The van der Waals surface area contributed by atoms with E-state index in [1.807, 2.05) is 6.07 Å². The molecule has 0 N–H and O–H groups in total. The molecule has 0 saturated carbocycles. The minimum atomic E-state index is -0.478. The van der Waals surface area contributed by atoms with Crippen molar-refractivity contribution in [2.24, 2.45) is 0 Å². The van der Waals surface area contributed by atoms with Crippen molar-refractivity contribution >= 4 is 5.69 Å². The molecule has 24 heavy (non-hydrogen) atoms. The number of nitro groups is 1. The number of nitriles is 1. The Hall–Kier alpha value is -3.73. The third-order valence-electron chi connectivity index (χ3n) is 3.14. The predicted octanol–water partition coefficient (Wildman–Crippen LogP) is 3.10. The standard InChI is InChI=1S/C16H10N4O4/c17-9-11-1-7-14(8-2-11)23-10-15-18-19-16(24-15)12-3-5-13(6-4-12)20(21)22/h1-8H,10H2. The Labute approximate surface area is 136 Å². The summed E-state index contributed by atoms with van der Waals surface area (Å²) < 4.78 is 11.0. The van der Waals surface area contributed by atoms with Gasteiger partial charge in [0.25, 0.3) is 11.6 Å². The fourth-order valence-electron chi connectivity index (χ4n) is 1.93. The second-order valence-corrected chi connectivity index (χ2v) is 4.73. The molecule has 118 valence electrons. The molecule has 3 rings (SSSR count). The van der Waals surface area contributed by atoms with E-state index in [1.165, 1.54) is 24.3 Å². The van der Waals surface area contributed by atoms with E-state index in [2.05, 4.69) is 10.2 Å². The Bertz CT molecular complexity index is 895. The largest absolute Gasteiger partial charge is 0.484 e. The molecule has 0 saturated heterocycles. The third-order valence-corrected chi connectivity index (χ3v) is 3.14. The summed E-state index contributed by atoms with van der Waals surface area (Å²) in [5, 5.41) is 27.1. The molecule has 0 spiro atoms. The summed E-state index contributed by atoms with van der Waals surface area (Å²) in [6, 6.07) is 14.5. The lowest BCUT2D eigenvalue weighted by Gasteiger charge is -2.02. The lowest BCUT2D eigenvalue weighted by molar-refractivity contribution is -0.384. The highest BCUT2D eigenvalue weighted by molar-refractivity contribution is 5.55. The number of non-ortho nitro benzene ring substituents is 1. The molecule has 0 fully saturated rings. The summed E-state index contributed by atoms with van der Waals surface area (Å²) in [4.78, 5) is 10.2. The van der Waals surface area contributed by atoms with Gasteiger partial charge < -0.3 is 9.15 Å². The van der Waals surface area contributed by atoms with Crippen LogP contribution in [0.25, 0.3) is 11.5 Å². The molecule has 0 radical (unpaired) electrons. The van der Waals surface area contributed by atoms with Crippen LogP contribution in [0.1, 0.15) is 11.5 Å². The van der Waals surface area contributed by atoms with E-state index >= 15 is 0 Å². The molecule has 0 aliphatic heterocycles. The van der Waals surface area contributed by atoms with Crippen molar-refractivity contribution < 1.29 is 14.1 Å². The van der Waals surface area contributed by atoms with Gasteiger partial charge in [-0.2, -0.15) is 5.26 Å². The van der Waals surface area contributed by atoms with Crippen molar-refractivity contribution in [1.29, 1.82) is 5.26 Å². The molecule has 1 aromatic heterocycles. The average molecular weight is 322 g/mol. The summed E-state index contributed by atoms with van der Waals surface area (Å²) >= 11 is 0. The zero-order valence-corrected chi connectivity index (χ0v) is 12.2. The topological polar surface area (TPSA) is 115 Å². The van der Waals surface area contributed by atoms with Crippen LogP contribution in [0.15, 0.2) is 52.9 Å². The van der Waals surface area contributed by atoms with Crippen molar-refractivity contribution in [3.8, 4) is 23.3 Å². The third kappa shape index (κ3) is 3.36. The van der Waals surface area contributed by atoms with Crippen molar-refractivity contribution in [3.05, 3.63) is 70.1 Å². The highest BCUT2D eigenvalue weighted by atomic mass is 16.6. The van der Waals surface area contributed by atoms with Gasteiger partial charge in [0.05, 0.1) is 16.6 Å². The van der Waals surface area contributed by atoms with E-state index in [1.54, 1.807) is 24.3 Å². The van der Waals surface area contributed by atoms with Crippen LogP contribution in [0, 0.1) is 21.4 Å². The quantitative estimate of drug-likeness (QED) is 0.523. The van der Waals surface area contributed by atoms with Crippen LogP contribution in [0.3, 0.4) is 0 Å². The molecule has 0 aliphatic rings. The maximum atomic E-state index is 10.6. The Morgan fingerprint density at radius 1 is 1.12 bits per heavy atom. The summed E-state index contributed by atoms with van der Waals surface area (Å²) in [5.74, 6) is 1.10. The molecule has 0 bridgehead atoms. The van der Waals surface area contributed by atoms with Crippen LogP contribution in [-0.4, -0.2) is 15.1 Å². The number of hydrogen-bond donors (Lipinski definition) is 0. The van der Waals surface area contributed by atoms with E-state index in [-0.39, 0.29) is 24.1 Å². The lowest BCUT2D eigenvalue weighted by atomic mass is 10.2. The molecular formula is C16H10N4O4. The van der Waals surface area contributed by atoms with Gasteiger partial charge in [0.1, 0.15) is 5.75 Å². The lowest BCUT2D eigenvalue weighted by Crippen LogP contribution is -1.95. The number of nitro benzene ring substituents is 1. The molecular weight excluding hydrogens is 312 g/mol. The fourth-order valence-corrected chi connectivity index (χ4v) is 1.93. The Kier molecular flexibility index (Phi) is 4.16. The van der Waals surface area contributed by atoms with Gasteiger partial charge in [-0.1, -0.05) is 0 Å². The van der Waals surface area contributed by atoms with Gasteiger partial charge >= 0.3 is 0 Å². The van der Waals surface area contributed by atoms with Crippen molar-refractivity contribution in [3.63, 3.8) is 0 Å². The van der Waals surface area contributed by atoms with E-state index in [0.29, 0.717) is 16.9 Å². The number of hydrogen-bond acceptors (Lipinski definition) is 7. The van der Waals surface area contributed by atoms with Gasteiger partial charge in [-0.05, 0) is 36.4 Å². The zero-order valence-electron chi connectivity index (χ0n) is 12.2. The molecule has 8 heteroatoms. The first-order valence-electron chi connectivity index (χ1n) is 6.86. The number of nitrogens with zero attached hydrogens (tertiary/aromatic N) is 4. The summed E-state index contributed by atoms with van der Waals surface area (Å²) in [6.07, 6.45) is 0. The average Bonchev–Trinajstić information content (AvgIpc) is 3.09. The fraction of sp³-hybridized carbons (Fsp3) is 0.0625. The number of benzene rings is 2. The van der Waals surface area contributed by atoms with E-state index < -0.39 is 4.92 Å². The summed E-state index contributed by atoms with van der Waals surface area (Å²) in [6.45, 7) is 0.0753. The van der Waals surface area contributed by atoms with Crippen LogP contribution < -0.4 is 4.74 Å². The number of rotatable bonds is 5. The molecule has 0 amide bonds. The first kappa shape index (κ1) is 15.2. The predicted molar refractivity (Wildman–Crippen MR) is 81.9 cm³/mol. The summed E-state index contributed by atoms with van der Waals surface area (Å²) in [7, 11) is 0. The van der Waals surface area contributed by atoms with Gasteiger partial charge in [-0.25, -0.2) is 0 Å². The van der Waals surface area contributed by atoms with Gasteiger partial charge in [-0.3, -0.25) is 10.1 Å². The van der Waals surface area contributed by atoms with Crippen LogP contribution in [0.5, 0.6) is 5.75 Å². The Morgan fingerprint density at radius 3 is 2.46 bits per heavy atom. The maximum Gasteiger partial charge on any atom is 0.269 e. The van der Waals surface area contributed by atoms with Crippen LogP contribution in [0.4, 0.5) is 5.69 Å². The van der Waals surface area contributed by atoms with E-state index in [0.717, 1.165) is 0 Å². The molecule has 0 unspecified atom stereocenters. The minimum absolute atomic E-state index is 0.0114. The van der Waals surface area contributed by atoms with E-state index in [9.17, 15) is 10.1 Å². The normalized spacial score (nSPS) is 10.1. The Balaban J connectivity index is 1.66. The van der Waals surface area contributed by atoms with Crippen molar-refractivity contribution in [2.75, 3.05) is 0 Å². The molecule has 2 aromatic carbocycles. The smallest absolute Gasteiger partial charge is 0.269 e. The molecule has 1 heterocycles. The van der Waals surface area contributed by atoms with Gasteiger partial charge in [0.2, 0.25) is 5.89 Å². The van der Waals surface area contributed by atoms with Crippen LogP contribution in [0.2, 0.25) is 0 Å². The number of aromatic nitrogens is 2. The van der Waals surface area contributed by atoms with E-state index in [4.69, 9.17) is 14.4 Å². The van der Waals surface area contributed by atoms with Crippen LogP contribution in [-0.2, 0) is 6.61 Å². The molecule has 0 aliphatic carbocycles. The molecule has 3 aromatic rings. The highest BCUT2D eigenvalue weighted by Crippen LogP contribution is 2.22. The van der Waals surface area contributed by atoms with Gasteiger partial charge in [0, 0.05) is 17.7 Å². The first-order chi connectivity index (χ1) is 11.7. The van der Waals surface area contributed by atoms with Gasteiger partial charge in [-0.15, -0.1) is 10.2 Å². The zero-order chi connectivity index (χ0) is 16.9. The minimum Gasteiger partial charge on any atom is -0.484 e. The second-order valence-electron chi connectivity index (χ2n) is 4.73. The van der Waals surface area contributed by atoms with Crippen LogP contribution >= 0.6 is 0 Å². The maximum absolute atomic E-state index is 10.6. The number of ether oxygens (including phenoxy) is 1. The molecule has 8 nitrogen and oxygen atoms in total. The Morgan fingerprint density at radius 2 is 1.83 bits per heavy atom. The monoisotopic (exact) mass is 322 g/mol. The SMILES string of the molecule is N#Cc1ccc(OCc2nnc(-c3ccc([N+](=O)[O-])cc3)o2)cc1. The van der Waals surface area contributed by atoms with Gasteiger partial charge in [0.15, 0.2) is 6.61 Å².